The fourth-order valence-corrected chi connectivity index (χ4v) is 1.85. The van der Waals surface area contributed by atoms with Crippen LogP contribution in [0.15, 0.2) is 12.2 Å². The molecule has 0 spiro atoms. The molecule has 0 bridgehead atoms. The fraction of sp³-hybridized carbons (Fsp3) is 0.727. The summed E-state index contributed by atoms with van der Waals surface area (Å²) >= 11 is 0. The van der Waals surface area contributed by atoms with E-state index in [1.807, 2.05) is 0 Å². The summed E-state index contributed by atoms with van der Waals surface area (Å²) in [6.45, 7) is 0.429. The molecule has 0 atom stereocenters. The summed E-state index contributed by atoms with van der Waals surface area (Å²) in [5, 5.41) is 3.01. The van der Waals surface area contributed by atoms with Gasteiger partial charge < -0.3 is 11.1 Å². The van der Waals surface area contributed by atoms with Gasteiger partial charge in [0.2, 0.25) is 5.91 Å². The summed E-state index contributed by atoms with van der Waals surface area (Å²) in [6.07, 6.45) is 10.6. The molecule has 3 heteroatoms. The SMILES string of the molecule is NC/C=C/C(=O)NC1CCCCCC1. The molecule has 1 amide bonds. The maximum absolute atomic E-state index is 11.3. The Morgan fingerprint density at radius 2 is 1.93 bits per heavy atom. The summed E-state index contributed by atoms with van der Waals surface area (Å²) in [7, 11) is 0. The third kappa shape index (κ3) is 4.42. The minimum absolute atomic E-state index is 0.00218. The molecule has 0 saturated heterocycles. The first-order valence-electron chi connectivity index (χ1n) is 5.50. The molecule has 1 saturated carbocycles. The van der Waals surface area contributed by atoms with Crippen molar-refractivity contribution >= 4 is 5.91 Å². The Hall–Kier alpha value is -0.830. The molecular formula is C11H20N2O. The highest BCUT2D eigenvalue weighted by molar-refractivity contribution is 5.87. The van der Waals surface area contributed by atoms with Crippen molar-refractivity contribution in [2.75, 3.05) is 6.54 Å². The number of hydrogen-bond acceptors (Lipinski definition) is 2. The van der Waals surface area contributed by atoms with Gasteiger partial charge in [-0.25, -0.2) is 0 Å². The monoisotopic (exact) mass is 196 g/mol. The molecule has 14 heavy (non-hydrogen) atoms. The van der Waals surface area contributed by atoms with Crippen LogP contribution in [-0.4, -0.2) is 18.5 Å². The molecule has 0 aromatic rings. The first-order valence-corrected chi connectivity index (χ1v) is 5.50. The van der Waals surface area contributed by atoms with Gasteiger partial charge in [0.1, 0.15) is 0 Å². The van der Waals surface area contributed by atoms with Gasteiger partial charge in [-0.3, -0.25) is 4.79 Å². The topological polar surface area (TPSA) is 55.1 Å². The van der Waals surface area contributed by atoms with E-state index in [0.29, 0.717) is 12.6 Å². The average molecular weight is 196 g/mol. The summed E-state index contributed by atoms with van der Waals surface area (Å²) in [5.41, 5.74) is 5.27. The number of carbonyl (C=O) groups excluding carboxylic acids is 1. The van der Waals surface area contributed by atoms with Gasteiger partial charge in [-0.2, -0.15) is 0 Å². The van der Waals surface area contributed by atoms with Gasteiger partial charge in [-0.15, -0.1) is 0 Å². The van der Waals surface area contributed by atoms with Gasteiger partial charge in [0.05, 0.1) is 0 Å². The Morgan fingerprint density at radius 1 is 1.29 bits per heavy atom. The van der Waals surface area contributed by atoms with E-state index in [9.17, 15) is 4.79 Å². The highest BCUT2D eigenvalue weighted by Crippen LogP contribution is 2.16. The van der Waals surface area contributed by atoms with Crippen LogP contribution in [0.25, 0.3) is 0 Å². The summed E-state index contributed by atoms with van der Waals surface area (Å²) in [4.78, 5) is 11.3. The molecule has 0 unspecified atom stereocenters. The third-order valence-electron chi connectivity index (χ3n) is 2.61. The molecule has 1 aliphatic rings. The van der Waals surface area contributed by atoms with Crippen LogP contribution in [-0.2, 0) is 4.79 Å². The molecule has 1 fully saturated rings. The van der Waals surface area contributed by atoms with Crippen molar-refractivity contribution in [2.24, 2.45) is 5.73 Å². The summed E-state index contributed by atoms with van der Waals surface area (Å²) in [5.74, 6) is 0.00218. The lowest BCUT2D eigenvalue weighted by Gasteiger charge is -2.14. The molecule has 0 heterocycles. The van der Waals surface area contributed by atoms with Crippen molar-refractivity contribution in [3.63, 3.8) is 0 Å². The Kier molecular flexibility index (Phi) is 5.30. The largest absolute Gasteiger partial charge is 0.350 e. The van der Waals surface area contributed by atoms with Crippen LogP contribution < -0.4 is 11.1 Å². The van der Waals surface area contributed by atoms with E-state index < -0.39 is 0 Å². The Labute approximate surface area is 85.7 Å². The van der Waals surface area contributed by atoms with Gasteiger partial charge in [-0.05, 0) is 12.8 Å². The van der Waals surface area contributed by atoms with Crippen LogP contribution in [0.3, 0.4) is 0 Å². The number of nitrogens with two attached hydrogens (primary N) is 1. The number of nitrogens with one attached hydrogen (secondary N) is 1. The second-order valence-electron chi connectivity index (χ2n) is 3.84. The maximum atomic E-state index is 11.3. The van der Waals surface area contributed by atoms with Crippen molar-refractivity contribution in [2.45, 2.75) is 44.6 Å². The van der Waals surface area contributed by atoms with Gasteiger partial charge in [0, 0.05) is 18.7 Å². The molecule has 1 aliphatic carbocycles. The zero-order valence-corrected chi connectivity index (χ0v) is 8.67. The van der Waals surface area contributed by atoms with Crippen LogP contribution >= 0.6 is 0 Å². The number of carbonyl (C=O) groups is 1. The molecular weight excluding hydrogens is 176 g/mol. The van der Waals surface area contributed by atoms with Crippen molar-refractivity contribution in [3.05, 3.63) is 12.2 Å². The van der Waals surface area contributed by atoms with Crippen LogP contribution in [0.2, 0.25) is 0 Å². The number of hydrogen-bond donors (Lipinski definition) is 2. The lowest BCUT2D eigenvalue weighted by atomic mass is 10.1. The van der Waals surface area contributed by atoms with Crippen LogP contribution in [0.5, 0.6) is 0 Å². The van der Waals surface area contributed by atoms with Crippen molar-refractivity contribution in [3.8, 4) is 0 Å². The predicted molar refractivity (Wildman–Crippen MR) is 57.8 cm³/mol. The molecule has 0 radical (unpaired) electrons. The van der Waals surface area contributed by atoms with E-state index in [1.165, 1.54) is 31.8 Å². The quantitative estimate of drug-likeness (QED) is 0.528. The van der Waals surface area contributed by atoms with Crippen LogP contribution in [0.1, 0.15) is 38.5 Å². The van der Waals surface area contributed by atoms with Crippen LogP contribution in [0.4, 0.5) is 0 Å². The highest BCUT2D eigenvalue weighted by atomic mass is 16.1. The van der Waals surface area contributed by atoms with Crippen molar-refractivity contribution in [1.82, 2.24) is 5.32 Å². The molecule has 3 N–H and O–H groups in total. The molecule has 0 aromatic heterocycles. The van der Waals surface area contributed by atoms with E-state index in [4.69, 9.17) is 5.73 Å². The fourth-order valence-electron chi connectivity index (χ4n) is 1.85. The Bertz CT molecular complexity index is 193. The zero-order valence-electron chi connectivity index (χ0n) is 8.67. The number of amides is 1. The van der Waals surface area contributed by atoms with Gasteiger partial charge in [-0.1, -0.05) is 31.8 Å². The smallest absolute Gasteiger partial charge is 0.243 e. The van der Waals surface area contributed by atoms with Crippen molar-refractivity contribution < 1.29 is 4.79 Å². The second-order valence-corrected chi connectivity index (χ2v) is 3.84. The predicted octanol–water partition coefficient (Wildman–Crippen LogP) is 1.34. The first-order chi connectivity index (χ1) is 6.83. The Morgan fingerprint density at radius 3 is 2.50 bits per heavy atom. The Balaban J connectivity index is 2.27. The van der Waals surface area contributed by atoms with E-state index in [0.717, 1.165) is 12.8 Å². The highest BCUT2D eigenvalue weighted by Gasteiger charge is 2.12. The minimum atomic E-state index is 0.00218. The normalized spacial score (nSPS) is 19.5. The average Bonchev–Trinajstić information content (AvgIpc) is 2.43. The minimum Gasteiger partial charge on any atom is -0.350 e. The standard InChI is InChI=1S/C11H20N2O/c12-9-5-8-11(14)13-10-6-3-1-2-4-7-10/h5,8,10H,1-4,6-7,9,12H2,(H,13,14)/b8-5+. The molecule has 0 aromatic carbocycles. The molecule has 80 valence electrons. The van der Waals surface area contributed by atoms with Crippen molar-refractivity contribution in [1.29, 1.82) is 0 Å². The van der Waals surface area contributed by atoms with Gasteiger partial charge in [0.15, 0.2) is 0 Å². The second kappa shape index (κ2) is 6.60. The van der Waals surface area contributed by atoms with Gasteiger partial charge in [0.25, 0.3) is 0 Å². The maximum Gasteiger partial charge on any atom is 0.243 e. The van der Waals surface area contributed by atoms with Crippen LogP contribution in [0, 0.1) is 0 Å². The summed E-state index contributed by atoms with van der Waals surface area (Å²) < 4.78 is 0. The summed E-state index contributed by atoms with van der Waals surface area (Å²) in [6, 6.07) is 0.382. The first kappa shape index (κ1) is 11.2. The zero-order chi connectivity index (χ0) is 10.2. The lowest BCUT2D eigenvalue weighted by Crippen LogP contribution is -2.33. The molecule has 3 nitrogen and oxygen atoms in total. The van der Waals surface area contributed by atoms with E-state index in [1.54, 1.807) is 6.08 Å². The van der Waals surface area contributed by atoms with Gasteiger partial charge >= 0.3 is 0 Å². The lowest BCUT2D eigenvalue weighted by molar-refractivity contribution is -0.117. The molecule has 0 aliphatic heterocycles. The number of rotatable bonds is 3. The molecule has 1 rings (SSSR count). The van der Waals surface area contributed by atoms with E-state index in [-0.39, 0.29) is 5.91 Å². The van der Waals surface area contributed by atoms with E-state index >= 15 is 0 Å². The third-order valence-corrected chi connectivity index (χ3v) is 2.61. The van der Waals surface area contributed by atoms with E-state index in [2.05, 4.69) is 5.32 Å².